The van der Waals surface area contributed by atoms with Crippen LogP contribution in [0.2, 0.25) is 0 Å². The van der Waals surface area contributed by atoms with Crippen molar-refractivity contribution in [1.29, 1.82) is 0 Å². The van der Waals surface area contributed by atoms with Gasteiger partial charge in [0.05, 0.1) is 23.7 Å². The van der Waals surface area contributed by atoms with Crippen LogP contribution in [0.15, 0.2) is 47.9 Å². The molecule has 0 radical (unpaired) electrons. The molecule has 158 valence electrons. The quantitative estimate of drug-likeness (QED) is 0.625. The normalized spacial score (nSPS) is 17.8. The summed E-state index contributed by atoms with van der Waals surface area (Å²) < 4.78 is 34.7. The third kappa shape index (κ3) is 5.57. The van der Waals surface area contributed by atoms with Gasteiger partial charge in [-0.1, -0.05) is 0 Å². The molecule has 0 saturated carbocycles. The van der Waals surface area contributed by atoms with Gasteiger partial charge in [0.1, 0.15) is 5.75 Å². The molecule has 9 heteroatoms. The Morgan fingerprint density at radius 1 is 1.31 bits per heavy atom. The van der Waals surface area contributed by atoms with E-state index in [-0.39, 0.29) is 23.3 Å². The van der Waals surface area contributed by atoms with Crippen LogP contribution in [-0.2, 0) is 21.4 Å². The molecule has 3 rings (SSSR count). The number of rotatable bonds is 9. The van der Waals surface area contributed by atoms with E-state index < -0.39 is 10.0 Å². The molecule has 1 aliphatic heterocycles. The second-order valence-electron chi connectivity index (χ2n) is 7.05. The van der Waals surface area contributed by atoms with Gasteiger partial charge in [-0.3, -0.25) is 4.79 Å². The zero-order valence-electron chi connectivity index (χ0n) is 16.7. The number of sulfonamides is 1. The SMILES string of the molecule is CCOc1ccc(S(=O)(=O)N2CCC[C@@H](C(=O)NCCCn3ccnc3)C2)cc1. The number of nitrogens with one attached hydrogen (secondary N) is 1. The monoisotopic (exact) mass is 420 g/mol. The highest BCUT2D eigenvalue weighted by Crippen LogP contribution is 2.25. The smallest absolute Gasteiger partial charge is 0.243 e. The van der Waals surface area contributed by atoms with E-state index in [0.29, 0.717) is 38.3 Å². The van der Waals surface area contributed by atoms with Crippen molar-refractivity contribution >= 4 is 15.9 Å². The van der Waals surface area contributed by atoms with E-state index in [1.54, 1.807) is 36.8 Å². The largest absolute Gasteiger partial charge is 0.494 e. The Bertz CT molecular complexity index is 882. The van der Waals surface area contributed by atoms with E-state index >= 15 is 0 Å². The number of aryl methyl sites for hydroxylation is 1. The fourth-order valence-electron chi connectivity index (χ4n) is 3.43. The number of ether oxygens (including phenoxy) is 1. The first-order chi connectivity index (χ1) is 14.0. The molecule has 1 aromatic heterocycles. The van der Waals surface area contributed by atoms with E-state index in [2.05, 4.69) is 10.3 Å². The van der Waals surface area contributed by atoms with Crippen molar-refractivity contribution in [3.63, 3.8) is 0 Å². The van der Waals surface area contributed by atoms with Gasteiger partial charge in [0.25, 0.3) is 0 Å². The maximum absolute atomic E-state index is 13.0. The summed E-state index contributed by atoms with van der Waals surface area (Å²) in [7, 11) is -3.63. The summed E-state index contributed by atoms with van der Waals surface area (Å²) in [6, 6.07) is 6.43. The van der Waals surface area contributed by atoms with Crippen LogP contribution in [0.3, 0.4) is 0 Å². The molecule has 2 aromatic rings. The Hall–Kier alpha value is -2.39. The van der Waals surface area contributed by atoms with Gasteiger partial charge >= 0.3 is 0 Å². The molecule has 1 aliphatic rings. The standard InChI is InChI=1S/C20H28N4O4S/c1-2-28-18-6-8-19(9-7-18)29(26,27)24-13-3-5-17(15-24)20(25)22-10-4-12-23-14-11-21-16-23/h6-9,11,14,16-17H,2-5,10,12-13,15H2,1H3,(H,22,25)/t17-/m1/s1. The van der Waals surface area contributed by atoms with Crippen molar-refractivity contribution in [2.24, 2.45) is 5.92 Å². The maximum atomic E-state index is 13.0. The summed E-state index contributed by atoms with van der Waals surface area (Å²) in [4.78, 5) is 16.7. The number of imidazole rings is 1. The number of benzene rings is 1. The summed E-state index contributed by atoms with van der Waals surface area (Å²) in [5.74, 6) is 0.231. The first-order valence-electron chi connectivity index (χ1n) is 9.97. The molecule has 0 spiro atoms. The molecule has 0 aliphatic carbocycles. The number of carbonyl (C=O) groups excluding carboxylic acids is 1. The van der Waals surface area contributed by atoms with Gasteiger partial charge in [-0.25, -0.2) is 13.4 Å². The van der Waals surface area contributed by atoms with Crippen LogP contribution in [0.25, 0.3) is 0 Å². The van der Waals surface area contributed by atoms with Crippen molar-refractivity contribution < 1.29 is 17.9 Å². The van der Waals surface area contributed by atoms with Crippen LogP contribution >= 0.6 is 0 Å². The lowest BCUT2D eigenvalue weighted by Gasteiger charge is -2.31. The van der Waals surface area contributed by atoms with Crippen molar-refractivity contribution in [2.75, 3.05) is 26.2 Å². The van der Waals surface area contributed by atoms with Gasteiger partial charge in [0, 0.05) is 38.6 Å². The molecular formula is C20H28N4O4S. The lowest BCUT2D eigenvalue weighted by atomic mass is 9.99. The first-order valence-corrected chi connectivity index (χ1v) is 11.4. The Balaban J connectivity index is 1.53. The van der Waals surface area contributed by atoms with Crippen LogP contribution in [0, 0.1) is 5.92 Å². The lowest BCUT2D eigenvalue weighted by Crippen LogP contribution is -2.45. The summed E-state index contributed by atoms with van der Waals surface area (Å²) >= 11 is 0. The highest BCUT2D eigenvalue weighted by Gasteiger charge is 2.33. The van der Waals surface area contributed by atoms with Crippen LogP contribution in [-0.4, -0.2) is 54.4 Å². The van der Waals surface area contributed by atoms with Crippen molar-refractivity contribution in [2.45, 2.75) is 37.6 Å². The zero-order chi connectivity index (χ0) is 20.7. The number of amides is 1. The van der Waals surface area contributed by atoms with Crippen molar-refractivity contribution in [3.8, 4) is 5.75 Å². The van der Waals surface area contributed by atoms with Crippen LogP contribution in [0.5, 0.6) is 5.75 Å². The molecule has 1 fully saturated rings. The van der Waals surface area contributed by atoms with Gasteiger partial charge in [-0.05, 0) is 50.5 Å². The van der Waals surface area contributed by atoms with Gasteiger partial charge in [-0.2, -0.15) is 4.31 Å². The number of nitrogens with zero attached hydrogens (tertiary/aromatic N) is 3. The molecule has 1 saturated heterocycles. The van der Waals surface area contributed by atoms with Crippen LogP contribution in [0.1, 0.15) is 26.2 Å². The number of carbonyl (C=O) groups is 1. The molecule has 8 nitrogen and oxygen atoms in total. The molecular weight excluding hydrogens is 392 g/mol. The van der Waals surface area contributed by atoms with Gasteiger partial charge < -0.3 is 14.6 Å². The molecule has 1 atom stereocenters. The molecule has 29 heavy (non-hydrogen) atoms. The Labute approximate surface area is 171 Å². The number of aromatic nitrogens is 2. The molecule has 2 heterocycles. The van der Waals surface area contributed by atoms with Crippen LogP contribution in [0.4, 0.5) is 0 Å². The van der Waals surface area contributed by atoms with Crippen LogP contribution < -0.4 is 10.1 Å². The summed E-state index contributed by atoms with van der Waals surface area (Å²) in [5, 5.41) is 2.94. The topological polar surface area (TPSA) is 93.5 Å². The van der Waals surface area contributed by atoms with E-state index in [4.69, 9.17) is 4.74 Å². The van der Waals surface area contributed by atoms with Crippen molar-refractivity contribution in [1.82, 2.24) is 19.2 Å². The summed E-state index contributed by atoms with van der Waals surface area (Å²) in [6.45, 7) is 4.38. The fraction of sp³-hybridized carbons (Fsp3) is 0.500. The summed E-state index contributed by atoms with van der Waals surface area (Å²) in [5.41, 5.74) is 0. The average Bonchev–Trinajstić information content (AvgIpc) is 3.25. The van der Waals surface area contributed by atoms with Gasteiger partial charge in [0.15, 0.2) is 0 Å². The highest BCUT2D eigenvalue weighted by atomic mass is 32.2. The predicted molar refractivity (Wildman–Crippen MR) is 109 cm³/mol. The van der Waals surface area contributed by atoms with Gasteiger partial charge in [-0.15, -0.1) is 0 Å². The van der Waals surface area contributed by atoms with E-state index in [9.17, 15) is 13.2 Å². The zero-order valence-corrected chi connectivity index (χ0v) is 17.5. The average molecular weight is 421 g/mol. The van der Waals surface area contributed by atoms with E-state index in [1.807, 2.05) is 17.7 Å². The Morgan fingerprint density at radius 2 is 2.10 bits per heavy atom. The third-order valence-corrected chi connectivity index (χ3v) is 6.86. The lowest BCUT2D eigenvalue weighted by molar-refractivity contribution is -0.126. The summed E-state index contributed by atoms with van der Waals surface area (Å²) in [6.07, 6.45) is 7.51. The van der Waals surface area contributed by atoms with Gasteiger partial charge in [0.2, 0.25) is 15.9 Å². The first kappa shape index (κ1) is 21.3. The predicted octanol–water partition coefficient (Wildman–Crippen LogP) is 1.89. The van der Waals surface area contributed by atoms with E-state index in [0.717, 1.165) is 13.0 Å². The highest BCUT2D eigenvalue weighted by molar-refractivity contribution is 7.89. The maximum Gasteiger partial charge on any atom is 0.243 e. The second kappa shape index (κ2) is 9.89. The molecule has 0 unspecified atom stereocenters. The van der Waals surface area contributed by atoms with Crippen molar-refractivity contribution in [3.05, 3.63) is 43.0 Å². The second-order valence-corrected chi connectivity index (χ2v) is 8.99. The third-order valence-electron chi connectivity index (χ3n) is 4.98. The number of hydrogen-bond acceptors (Lipinski definition) is 5. The Morgan fingerprint density at radius 3 is 2.79 bits per heavy atom. The minimum atomic E-state index is -3.63. The minimum Gasteiger partial charge on any atom is -0.494 e. The molecule has 1 N–H and O–H groups in total. The molecule has 1 aromatic carbocycles. The fourth-order valence-corrected chi connectivity index (χ4v) is 4.96. The number of hydrogen-bond donors (Lipinski definition) is 1. The van der Waals surface area contributed by atoms with E-state index in [1.165, 1.54) is 4.31 Å². The molecule has 1 amide bonds. The minimum absolute atomic E-state index is 0.0813. The molecule has 0 bridgehead atoms. The number of piperidine rings is 1. The Kier molecular flexibility index (Phi) is 7.27.